The number of nitrogens with one attached hydrogen (secondary N) is 1. The standard InChI is InChI=1S/C31H25N7O2/c1-20(35-30(39)27-28(32)36-37-17-7-16-34-29(27)37)25-18-23-10-5-9-22(14-13-21-8-6-15-33-19-21)26(23)31(40)38(25)24-11-3-2-4-12-24/h2-20H,1H3,(H2,32,36)(H,35,39)/b14-13+. The molecule has 4 aromatic heterocycles. The topological polar surface area (TPSA) is 120 Å². The Labute approximate surface area is 229 Å². The summed E-state index contributed by atoms with van der Waals surface area (Å²) in [5.74, 6) is -0.355. The van der Waals surface area contributed by atoms with E-state index in [1.54, 1.807) is 35.4 Å². The summed E-state index contributed by atoms with van der Waals surface area (Å²) in [4.78, 5) is 36.0. The van der Waals surface area contributed by atoms with Crippen LogP contribution in [0.4, 0.5) is 5.82 Å². The second kappa shape index (κ2) is 10.3. The number of carbonyl (C=O) groups is 1. The molecule has 1 atom stereocenters. The Hall–Kier alpha value is -5.57. The molecule has 40 heavy (non-hydrogen) atoms. The van der Waals surface area contributed by atoms with Gasteiger partial charge in [0, 0.05) is 36.2 Å². The third kappa shape index (κ3) is 4.49. The van der Waals surface area contributed by atoms with Crippen LogP contribution in [0.25, 0.3) is 34.3 Å². The van der Waals surface area contributed by atoms with E-state index in [-0.39, 0.29) is 16.9 Å². The average molecular weight is 528 g/mol. The van der Waals surface area contributed by atoms with Gasteiger partial charge in [-0.15, -0.1) is 5.10 Å². The highest BCUT2D eigenvalue weighted by molar-refractivity contribution is 6.04. The molecule has 0 fully saturated rings. The maximum atomic E-state index is 14.2. The Morgan fingerprint density at radius 3 is 2.65 bits per heavy atom. The number of anilines is 1. The highest BCUT2D eigenvalue weighted by Crippen LogP contribution is 2.25. The van der Waals surface area contributed by atoms with E-state index in [4.69, 9.17) is 5.73 Å². The van der Waals surface area contributed by atoms with Crippen LogP contribution in [0.3, 0.4) is 0 Å². The third-order valence-electron chi connectivity index (χ3n) is 6.70. The smallest absolute Gasteiger partial charge is 0.263 e. The number of hydrogen-bond donors (Lipinski definition) is 2. The third-order valence-corrected chi connectivity index (χ3v) is 6.70. The van der Waals surface area contributed by atoms with Gasteiger partial charge < -0.3 is 11.1 Å². The number of amides is 1. The number of carbonyl (C=O) groups excluding carboxylic acids is 1. The summed E-state index contributed by atoms with van der Waals surface area (Å²) >= 11 is 0. The van der Waals surface area contributed by atoms with Gasteiger partial charge in [-0.3, -0.25) is 19.1 Å². The molecular formula is C31H25N7O2. The fraction of sp³-hybridized carbons (Fsp3) is 0.0645. The molecule has 196 valence electrons. The predicted molar refractivity (Wildman–Crippen MR) is 156 cm³/mol. The lowest BCUT2D eigenvalue weighted by Crippen LogP contribution is -2.32. The number of aromatic nitrogens is 5. The summed E-state index contributed by atoms with van der Waals surface area (Å²) < 4.78 is 3.11. The molecule has 6 aromatic rings. The predicted octanol–water partition coefficient (Wildman–Crippen LogP) is 4.67. The summed E-state index contributed by atoms with van der Waals surface area (Å²) in [7, 11) is 0. The molecule has 6 rings (SSSR count). The van der Waals surface area contributed by atoms with E-state index in [0.717, 1.165) is 16.5 Å². The maximum absolute atomic E-state index is 14.2. The number of fused-ring (bicyclic) bond motifs is 2. The molecule has 0 radical (unpaired) electrons. The number of nitrogen functional groups attached to an aromatic ring is 1. The van der Waals surface area contributed by atoms with E-state index in [1.807, 2.05) is 85.8 Å². The average Bonchev–Trinajstić information content (AvgIpc) is 3.32. The van der Waals surface area contributed by atoms with Crippen LogP contribution in [0.1, 0.15) is 40.1 Å². The van der Waals surface area contributed by atoms with Gasteiger partial charge in [0.2, 0.25) is 0 Å². The van der Waals surface area contributed by atoms with Gasteiger partial charge in [-0.1, -0.05) is 54.6 Å². The monoisotopic (exact) mass is 527 g/mol. The molecule has 0 aliphatic heterocycles. The maximum Gasteiger partial charge on any atom is 0.263 e. The van der Waals surface area contributed by atoms with Gasteiger partial charge in [0.25, 0.3) is 11.5 Å². The normalized spacial score (nSPS) is 12.2. The summed E-state index contributed by atoms with van der Waals surface area (Å²) in [6.07, 6.45) is 10.6. The molecule has 0 bridgehead atoms. The summed E-state index contributed by atoms with van der Waals surface area (Å²) in [5.41, 5.74) is 9.44. The molecule has 0 aliphatic rings. The summed E-state index contributed by atoms with van der Waals surface area (Å²) in [6.45, 7) is 1.83. The first kappa shape index (κ1) is 24.7. The number of nitrogens with two attached hydrogens (primary N) is 1. The second-order valence-electron chi connectivity index (χ2n) is 9.32. The van der Waals surface area contributed by atoms with Crippen molar-refractivity contribution in [2.24, 2.45) is 0 Å². The zero-order valence-corrected chi connectivity index (χ0v) is 21.6. The Bertz CT molecular complexity index is 1940. The van der Waals surface area contributed by atoms with Crippen molar-refractivity contribution in [3.8, 4) is 5.69 Å². The number of rotatable bonds is 6. The van der Waals surface area contributed by atoms with Crippen molar-refractivity contribution in [1.29, 1.82) is 0 Å². The Balaban J connectivity index is 1.47. The van der Waals surface area contributed by atoms with Gasteiger partial charge in [0.1, 0.15) is 5.56 Å². The van der Waals surface area contributed by atoms with Crippen molar-refractivity contribution in [3.05, 3.63) is 130 Å². The largest absolute Gasteiger partial charge is 0.381 e. The molecule has 4 heterocycles. The van der Waals surface area contributed by atoms with Crippen molar-refractivity contribution in [1.82, 2.24) is 29.5 Å². The fourth-order valence-corrected chi connectivity index (χ4v) is 4.83. The molecule has 0 aliphatic carbocycles. The van der Waals surface area contributed by atoms with Crippen LogP contribution in [-0.4, -0.2) is 30.1 Å². The molecule has 0 spiro atoms. The number of pyridine rings is 2. The van der Waals surface area contributed by atoms with Crippen molar-refractivity contribution < 1.29 is 4.79 Å². The first-order chi connectivity index (χ1) is 19.5. The molecule has 1 unspecified atom stereocenters. The van der Waals surface area contributed by atoms with Crippen molar-refractivity contribution in [2.75, 3.05) is 5.73 Å². The minimum absolute atomic E-state index is 0.0763. The first-order valence-corrected chi connectivity index (χ1v) is 12.7. The first-order valence-electron chi connectivity index (χ1n) is 12.7. The van der Waals surface area contributed by atoms with Crippen LogP contribution >= 0.6 is 0 Å². The summed E-state index contributed by atoms with van der Waals surface area (Å²) in [6, 6.07) is 22.0. The van der Waals surface area contributed by atoms with Crippen molar-refractivity contribution in [3.63, 3.8) is 0 Å². The van der Waals surface area contributed by atoms with Gasteiger partial charge in [-0.2, -0.15) is 0 Å². The van der Waals surface area contributed by atoms with Crippen LogP contribution in [0.2, 0.25) is 0 Å². The number of para-hydroxylation sites is 1. The molecule has 0 saturated carbocycles. The highest BCUT2D eigenvalue weighted by atomic mass is 16.2. The molecule has 0 saturated heterocycles. The van der Waals surface area contributed by atoms with Crippen molar-refractivity contribution in [2.45, 2.75) is 13.0 Å². The van der Waals surface area contributed by atoms with Gasteiger partial charge >= 0.3 is 0 Å². The van der Waals surface area contributed by atoms with Crippen LogP contribution in [-0.2, 0) is 0 Å². The molecular weight excluding hydrogens is 502 g/mol. The van der Waals surface area contributed by atoms with Gasteiger partial charge in [-0.25, -0.2) is 9.50 Å². The van der Waals surface area contributed by atoms with Gasteiger partial charge in [0.15, 0.2) is 11.5 Å². The van der Waals surface area contributed by atoms with E-state index in [2.05, 4.69) is 20.4 Å². The van der Waals surface area contributed by atoms with E-state index >= 15 is 0 Å². The van der Waals surface area contributed by atoms with E-state index in [0.29, 0.717) is 22.4 Å². The second-order valence-corrected chi connectivity index (χ2v) is 9.32. The number of nitrogens with zero attached hydrogens (tertiary/aromatic N) is 5. The molecule has 9 heteroatoms. The van der Waals surface area contributed by atoms with E-state index in [1.165, 1.54) is 4.52 Å². The van der Waals surface area contributed by atoms with Crippen LogP contribution in [0.15, 0.2) is 102 Å². The Kier molecular flexibility index (Phi) is 6.37. The lowest BCUT2D eigenvalue weighted by molar-refractivity contribution is 0.0941. The van der Waals surface area contributed by atoms with Crippen LogP contribution in [0.5, 0.6) is 0 Å². The molecule has 3 N–H and O–H groups in total. The fourth-order valence-electron chi connectivity index (χ4n) is 4.83. The van der Waals surface area contributed by atoms with E-state index < -0.39 is 11.9 Å². The van der Waals surface area contributed by atoms with Gasteiger partial charge in [-0.05, 0) is 53.8 Å². The molecule has 2 aromatic carbocycles. The van der Waals surface area contributed by atoms with Gasteiger partial charge in [0.05, 0.1) is 11.4 Å². The summed E-state index contributed by atoms with van der Waals surface area (Å²) in [5, 5.41) is 8.53. The number of hydrogen-bond acceptors (Lipinski definition) is 6. The zero-order chi connectivity index (χ0) is 27.6. The zero-order valence-electron chi connectivity index (χ0n) is 21.6. The minimum atomic E-state index is -0.558. The minimum Gasteiger partial charge on any atom is -0.381 e. The number of benzene rings is 2. The SMILES string of the molecule is CC(NC(=O)c1c(N)nn2cccnc12)c1cc2cccc(/C=C/c3cccnc3)c2c(=O)n1-c1ccccc1. The Morgan fingerprint density at radius 1 is 1.00 bits per heavy atom. The molecule has 1 amide bonds. The van der Waals surface area contributed by atoms with E-state index in [9.17, 15) is 9.59 Å². The lowest BCUT2D eigenvalue weighted by atomic mass is 10.0. The highest BCUT2D eigenvalue weighted by Gasteiger charge is 2.23. The van der Waals surface area contributed by atoms with Crippen LogP contribution in [0, 0.1) is 0 Å². The van der Waals surface area contributed by atoms with Crippen LogP contribution < -0.4 is 16.6 Å². The quantitative estimate of drug-likeness (QED) is 0.325. The molecule has 9 nitrogen and oxygen atoms in total. The van der Waals surface area contributed by atoms with Crippen molar-refractivity contribution >= 4 is 40.3 Å². The lowest BCUT2D eigenvalue weighted by Gasteiger charge is -2.21. The Morgan fingerprint density at radius 2 is 1.85 bits per heavy atom.